The van der Waals surface area contributed by atoms with Crippen LogP contribution in [0.15, 0.2) is 41.4 Å². The van der Waals surface area contributed by atoms with E-state index in [0.29, 0.717) is 11.1 Å². The van der Waals surface area contributed by atoms with Crippen LogP contribution in [0.2, 0.25) is 0 Å². The largest absolute Gasteiger partial charge is 0.507 e. The Morgan fingerprint density at radius 1 is 0.864 bits per heavy atom. The summed E-state index contributed by atoms with van der Waals surface area (Å²) in [5.74, 6) is 0.415. The summed E-state index contributed by atoms with van der Waals surface area (Å²) in [4.78, 5) is 2.42. The van der Waals surface area contributed by atoms with Crippen molar-refractivity contribution < 1.29 is 10.2 Å². The van der Waals surface area contributed by atoms with Crippen LogP contribution in [-0.2, 0) is 0 Å². The van der Waals surface area contributed by atoms with Crippen molar-refractivity contribution in [2.75, 3.05) is 18.0 Å². The van der Waals surface area contributed by atoms with Crippen LogP contribution in [0.5, 0.6) is 0 Å². The molecule has 0 spiro atoms. The van der Waals surface area contributed by atoms with Crippen LogP contribution in [0, 0.1) is 0 Å². The SMILES string of the molecule is CCCCN(CCCC)c1ccc(C2=C(O)C(C)=C2O)cc1. The molecule has 120 valence electrons. The summed E-state index contributed by atoms with van der Waals surface area (Å²) in [6.07, 6.45) is 4.78. The lowest BCUT2D eigenvalue weighted by Gasteiger charge is -2.26. The molecule has 1 aliphatic rings. The van der Waals surface area contributed by atoms with Crippen molar-refractivity contribution in [1.82, 2.24) is 0 Å². The van der Waals surface area contributed by atoms with Crippen LogP contribution in [0.3, 0.4) is 0 Å². The summed E-state index contributed by atoms with van der Waals surface area (Å²) in [5.41, 5.74) is 3.23. The molecule has 2 rings (SSSR count). The molecule has 3 heteroatoms. The van der Waals surface area contributed by atoms with E-state index in [9.17, 15) is 10.2 Å². The first-order valence-electron chi connectivity index (χ1n) is 8.29. The van der Waals surface area contributed by atoms with Crippen LogP contribution in [-0.4, -0.2) is 23.3 Å². The Balaban J connectivity index is 2.12. The van der Waals surface area contributed by atoms with Crippen LogP contribution >= 0.6 is 0 Å². The Bertz CT molecular complexity index is 562. The fourth-order valence-electron chi connectivity index (χ4n) is 2.72. The maximum Gasteiger partial charge on any atom is 0.133 e. The van der Waals surface area contributed by atoms with Crippen molar-refractivity contribution in [1.29, 1.82) is 0 Å². The summed E-state index contributed by atoms with van der Waals surface area (Å²) in [6.45, 7) is 8.30. The maximum absolute atomic E-state index is 9.86. The third-order valence-electron chi connectivity index (χ3n) is 4.27. The van der Waals surface area contributed by atoms with Gasteiger partial charge in [0.15, 0.2) is 0 Å². The lowest BCUT2D eigenvalue weighted by Crippen LogP contribution is -2.25. The Hall–Kier alpha value is -1.90. The van der Waals surface area contributed by atoms with Crippen molar-refractivity contribution in [2.24, 2.45) is 0 Å². The Morgan fingerprint density at radius 3 is 1.86 bits per heavy atom. The molecular formula is C19H27NO2. The Kier molecular flexibility index (Phi) is 5.53. The monoisotopic (exact) mass is 301 g/mol. The van der Waals surface area contributed by atoms with Gasteiger partial charge in [0.1, 0.15) is 11.5 Å². The second-order valence-corrected chi connectivity index (χ2v) is 5.94. The molecule has 0 aliphatic heterocycles. The molecule has 0 amide bonds. The summed E-state index contributed by atoms with van der Waals surface area (Å²) < 4.78 is 0. The van der Waals surface area contributed by atoms with Gasteiger partial charge in [-0.1, -0.05) is 38.8 Å². The zero-order chi connectivity index (χ0) is 16.1. The Morgan fingerprint density at radius 2 is 1.41 bits per heavy atom. The van der Waals surface area contributed by atoms with Crippen molar-refractivity contribution in [3.8, 4) is 0 Å². The van der Waals surface area contributed by atoms with E-state index < -0.39 is 0 Å². The van der Waals surface area contributed by atoms with Gasteiger partial charge in [-0.15, -0.1) is 0 Å². The molecule has 2 N–H and O–H groups in total. The molecule has 0 saturated carbocycles. The van der Waals surface area contributed by atoms with Crippen LogP contribution in [0.4, 0.5) is 5.69 Å². The molecule has 0 atom stereocenters. The lowest BCUT2D eigenvalue weighted by atomic mass is 9.89. The lowest BCUT2D eigenvalue weighted by molar-refractivity contribution is 0.368. The van der Waals surface area contributed by atoms with E-state index in [-0.39, 0.29) is 11.5 Å². The maximum atomic E-state index is 9.86. The van der Waals surface area contributed by atoms with Gasteiger partial charge in [-0.05, 0) is 37.5 Å². The van der Waals surface area contributed by atoms with E-state index >= 15 is 0 Å². The van der Waals surface area contributed by atoms with Crippen LogP contribution < -0.4 is 4.90 Å². The molecular weight excluding hydrogens is 274 g/mol. The van der Waals surface area contributed by atoms with Gasteiger partial charge in [0.25, 0.3) is 0 Å². The number of nitrogens with zero attached hydrogens (tertiary/aromatic N) is 1. The summed E-state index contributed by atoms with van der Waals surface area (Å²) in [7, 11) is 0. The zero-order valence-corrected chi connectivity index (χ0v) is 13.9. The number of anilines is 1. The van der Waals surface area contributed by atoms with Gasteiger partial charge in [-0.25, -0.2) is 0 Å². The normalized spacial score (nSPS) is 14.3. The first-order chi connectivity index (χ1) is 10.6. The highest BCUT2D eigenvalue weighted by Crippen LogP contribution is 2.39. The van der Waals surface area contributed by atoms with E-state index in [1.165, 1.54) is 31.4 Å². The fraction of sp³-hybridized carbons (Fsp3) is 0.474. The van der Waals surface area contributed by atoms with Gasteiger partial charge in [0.05, 0.1) is 5.57 Å². The summed E-state index contributed by atoms with van der Waals surface area (Å²) in [6, 6.07) is 8.13. The van der Waals surface area contributed by atoms with Gasteiger partial charge in [0.2, 0.25) is 0 Å². The van der Waals surface area contributed by atoms with Crippen molar-refractivity contribution in [3.63, 3.8) is 0 Å². The molecule has 0 aromatic heterocycles. The number of allylic oxidation sites excluding steroid dienone is 2. The molecule has 0 fully saturated rings. The first kappa shape index (κ1) is 16.5. The zero-order valence-electron chi connectivity index (χ0n) is 13.9. The van der Waals surface area contributed by atoms with Gasteiger partial charge in [-0.2, -0.15) is 0 Å². The first-order valence-corrected chi connectivity index (χ1v) is 8.29. The number of rotatable bonds is 8. The van der Waals surface area contributed by atoms with Gasteiger partial charge in [-0.3, -0.25) is 0 Å². The number of benzene rings is 1. The molecule has 1 aliphatic carbocycles. The van der Waals surface area contributed by atoms with E-state index in [4.69, 9.17) is 0 Å². The van der Waals surface area contributed by atoms with Gasteiger partial charge in [0, 0.05) is 24.4 Å². The molecule has 0 unspecified atom stereocenters. The number of aliphatic hydroxyl groups excluding tert-OH is 2. The number of aliphatic hydroxyl groups is 2. The number of unbranched alkanes of at least 4 members (excludes halogenated alkanes) is 2. The number of hydrogen-bond donors (Lipinski definition) is 2. The third kappa shape index (κ3) is 3.29. The quantitative estimate of drug-likeness (QED) is 0.693. The standard InChI is InChI=1S/C19H27NO2/c1-4-6-12-20(13-7-5-2)16-10-8-15(9-11-16)17-18(21)14(3)19(17)22/h8-11,21-22H,4-7,12-13H2,1-3H3. The molecule has 0 radical (unpaired) electrons. The highest BCUT2D eigenvalue weighted by Gasteiger charge is 2.26. The van der Waals surface area contributed by atoms with Crippen molar-refractivity contribution in [3.05, 3.63) is 46.9 Å². The molecule has 1 aromatic rings. The fourth-order valence-corrected chi connectivity index (χ4v) is 2.72. The van der Waals surface area contributed by atoms with E-state index in [1.54, 1.807) is 6.92 Å². The summed E-state index contributed by atoms with van der Waals surface area (Å²) >= 11 is 0. The second-order valence-electron chi connectivity index (χ2n) is 5.94. The van der Waals surface area contributed by atoms with Crippen LogP contribution in [0.1, 0.15) is 52.0 Å². The second kappa shape index (κ2) is 7.39. The topological polar surface area (TPSA) is 43.7 Å². The van der Waals surface area contributed by atoms with Crippen molar-refractivity contribution >= 4 is 11.3 Å². The van der Waals surface area contributed by atoms with E-state index in [1.807, 2.05) is 12.1 Å². The van der Waals surface area contributed by atoms with Crippen molar-refractivity contribution in [2.45, 2.75) is 46.5 Å². The van der Waals surface area contributed by atoms with E-state index in [2.05, 4.69) is 30.9 Å². The molecule has 0 bridgehead atoms. The Labute approximate surface area is 133 Å². The third-order valence-corrected chi connectivity index (χ3v) is 4.27. The molecule has 3 nitrogen and oxygen atoms in total. The average Bonchev–Trinajstić information content (AvgIpc) is 2.55. The van der Waals surface area contributed by atoms with Gasteiger partial charge < -0.3 is 15.1 Å². The highest BCUT2D eigenvalue weighted by atomic mass is 16.3. The average molecular weight is 301 g/mol. The predicted molar refractivity (Wildman–Crippen MR) is 93.3 cm³/mol. The van der Waals surface area contributed by atoms with E-state index in [0.717, 1.165) is 18.7 Å². The van der Waals surface area contributed by atoms with Crippen LogP contribution in [0.25, 0.3) is 5.57 Å². The molecule has 22 heavy (non-hydrogen) atoms. The molecule has 1 aromatic carbocycles. The predicted octanol–water partition coefficient (Wildman–Crippen LogP) is 5.21. The minimum atomic E-state index is 0.207. The highest BCUT2D eigenvalue weighted by molar-refractivity contribution is 5.89. The minimum Gasteiger partial charge on any atom is -0.507 e. The smallest absolute Gasteiger partial charge is 0.133 e. The molecule has 0 heterocycles. The molecule has 0 saturated heterocycles. The number of hydrogen-bond acceptors (Lipinski definition) is 3. The summed E-state index contributed by atoms with van der Waals surface area (Å²) in [5, 5.41) is 19.7. The van der Waals surface area contributed by atoms with Gasteiger partial charge >= 0.3 is 0 Å². The minimum absolute atomic E-state index is 0.207.